The number of hydrogen-bond donors (Lipinski definition) is 3. The molecule has 0 radical (unpaired) electrons. The lowest BCUT2D eigenvalue weighted by Gasteiger charge is -2.34. The number of aliphatic hydroxyl groups is 1. The normalized spacial score (nSPS) is 15.8. The number of aryl methyl sites for hydroxylation is 1. The average Bonchev–Trinajstić information content (AvgIpc) is 3.30. The molecular formula is C31H42N4O4S. The Hall–Kier alpha value is -2.87. The van der Waals surface area contributed by atoms with Crippen molar-refractivity contribution in [3.63, 3.8) is 0 Å². The van der Waals surface area contributed by atoms with Crippen LogP contribution in [0.1, 0.15) is 31.9 Å². The van der Waals surface area contributed by atoms with Crippen LogP contribution in [0, 0.1) is 11.8 Å². The summed E-state index contributed by atoms with van der Waals surface area (Å²) in [4.78, 5) is 3.05. The number of likely N-dealkylation sites (tertiary alicyclic amines) is 1. The molecule has 8 nitrogen and oxygen atoms in total. The molecule has 1 fully saturated rings. The Kier molecular flexibility index (Phi) is 11.0. The largest absolute Gasteiger partial charge is 0.612 e. The van der Waals surface area contributed by atoms with Gasteiger partial charge in [-0.3, -0.25) is 0 Å². The zero-order valence-electron chi connectivity index (χ0n) is 24.0. The first-order chi connectivity index (χ1) is 19.4. The second kappa shape index (κ2) is 14.7. The Labute approximate surface area is 241 Å². The van der Waals surface area contributed by atoms with Crippen molar-refractivity contribution in [1.82, 2.24) is 9.47 Å². The zero-order valence-corrected chi connectivity index (χ0v) is 24.9. The number of aliphatic hydroxyl groups excluding tert-OH is 1. The maximum atomic E-state index is 11.8. The molecule has 2 atom stereocenters. The molecule has 216 valence electrons. The summed E-state index contributed by atoms with van der Waals surface area (Å²) in [6.45, 7) is 6.49. The van der Waals surface area contributed by atoms with Gasteiger partial charge in [0.2, 0.25) is 0 Å². The number of anilines is 2. The lowest BCUT2D eigenvalue weighted by atomic mass is 10.0. The van der Waals surface area contributed by atoms with E-state index in [0.717, 1.165) is 60.9 Å². The molecule has 0 amide bonds. The number of fused-ring (bicyclic) bond motifs is 1. The van der Waals surface area contributed by atoms with Crippen LogP contribution in [0.2, 0.25) is 0 Å². The lowest BCUT2D eigenvalue weighted by Crippen LogP contribution is -2.43. The summed E-state index contributed by atoms with van der Waals surface area (Å²) in [5.74, 6) is 7.31. The Morgan fingerprint density at radius 2 is 1.95 bits per heavy atom. The van der Waals surface area contributed by atoms with E-state index in [0.29, 0.717) is 31.5 Å². The third-order valence-electron chi connectivity index (χ3n) is 7.26. The quantitative estimate of drug-likeness (QED) is 0.224. The molecule has 0 spiro atoms. The van der Waals surface area contributed by atoms with Crippen molar-refractivity contribution in [2.24, 2.45) is 0 Å². The number of aromatic nitrogens is 1. The number of rotatable bonds is 12. The van der Waals surface area contributed by atoms with E-state index in [-0.39, 0.29) is 0 Å². The first kappa shape index (κ1) is 30.1. The monoisotopic (exact) mass is 566 g/mol. The molecule has 3 aromatic rings. The molecule has 2 aromatic carbocycles. The van der Waals surface area contributed by atoms with Gasteiger partial charge in [0, 0.05) is 56.5 Å². The fourth-order valence-corrected chi connectivity index (χ4v) is 5.80. The zero-order chi connectivity index (χ0) is 28.5. The molecule has 4 rings (SSSR count). The van der Waals surface area contributed by atoms with Gasteiger partial charge < -0.3 is 39.2 Å². The van der Waals surface area contributed by atoms with E-state index in [1.54, 1.807) is 26.5 Å². The molecular weight excluding hydrogens is 524 g/mol. The molecule has 0 aliphatic carbocycles. The van der Waals surface area contributed by atoms with Gasteiger partial charge >= 0.3 is 0 Å². The van der Waals surface area contributed by atoms with E-state index in [2.05, 4.69) is 63.1 Å². The van der Waals surface area contributed by atoms with Crippen LogP contribution in [0.15, 0.2) is 47.4 Å². The second-order valence-electron chi connectivity index (χ2n) is 10.2. The van der Waals surface area contributed by atoms with E-state index < -0.39 is 17.3 Å². The van der Waals surface area contributed by atoms with E-state index in [1.807, 2.05) is 12.1 Å². The summed E-state index contributed by atoms with van der Waals surface area (Å²) in [5.41, 5.74) is 4.16. The van der Waals surface area contributed by atoms with E-state index in [1.165, 1.54) is 10.9 Å². The van der Waals surface area contributed by atoms with Crippen LogP contribution in [0.4, 0.5) is 11.4 Å². The predicted octanol–water partition coefficient (Wildman–Crippen LogP) is 4.14. The fourth-order valence-electron chi connectivity index (χ4n) is 5.27. The number of ether oxygens (including phenoxy) is 2. The highest BCUT2D eigenvalue weighted by Gasteiger charge is 2.22. The van der Waals surface area contributed by atoms with Gasteiger partial charge in [0.25, 0.3) is 0 Å². The van der Waals surface area contributed by atoms with Crippen LogP contribution in [-0.4, -0.2) is 84.5 Å². The first-order valence-corrected chi connectivity index (χ1v) is 15.5. The highest BCUT2D eigenvalue weighted by Crippen LogP contribution is 2.30. The molecule has 0 bridgehead atoms. The molecule has 0 saturated carbocycles. The van der Waals surface area contributed by atoms with Gasteiger partial charge in [-0.15, -0.1) is 0 Å². The van der Waals surface area contributed by atoms with Crippen molar-refractivity contribution >= 4 is 33.5 Å². The number of nitrogens with one attached hydrogen (secondary N) is 2. The van der Waals surface area contributed by atoms with Crippen LogP contribution < -0.4 is 15.4 Å². The lowest BCUT2D eigenvalue weighted by molar-refractivity contribution is 0.0327. The van der Waals surface area contributed by atoms with E-state index >= 15 is 0 Å². The maximum absolute atomic E-state index is 11.8. The minimum Gasteiger partial charge on any atom is -0.612 e. The van der Waals surface area contributed by atoms with Crippen LogP contribution in [0.3, 0.4) is 0 Å². The summed E-state index contributed by atoms with van der Waals surface area (Å²) in [7, 11) is 3.23. The van der Waals surface area contributed by atoms with Gasteiger partial charge in [0.1, 0.15) is 12.0 Å². The number of nitrogens with zero attached hydrogens (tertiary/aromatic N) is 2. The topological polar surface area (TPSA) is 94.0 Å². The average molecular weight is 567 g/mol. The van der Waals surface area contributed by atoms with Crippen molar-refractivity contribution in [2.45, 2.75) is 49.8 Å². The number of methoxy groups -OCH3 is 2. The number of benzene rings is 2. The van der Waals surface area contributed by atoms with Gasteiger partial charge in [0.05, 0.1) is 43.3 Å². The van der Waals surface area contributed by atoms with Crippen LogP contribution in [0.5, 0.6) is 5.75 Å². The Morgan fingerprint density at radius 3 is 2.65 bits per heavy atom. The molecule has 1 aliphatic heterocycles. The number of β-amino-alcohol motifs (C(OH)–C–C–N with tert-alkyl or cyclic N) is 1. The summed E-state index contributed by atoms with van der Waals surface area (Å²) in [6.07, 6.45) is 4.30. The molecule has 1 saturated heterocycles. The van der Waals surface area contributed by atoms with Gasteiger partial charge in [-0.25, -0.2) is 0 Å². The standard InChI is InChI=1S/C31H42N4O4S/c1-5-16-35-24(8-7-15-32-29-12-11-26(40(4)37)20-31(29)39-3)19-27-28(9-6-10-30(27)35)33-23-13-17-34(18-14-23)21-25(36)22-38-2/h6,9-12,19-20,23,25,32-33,36H,5,13-18,21-22H2,1-4H3. The van der Waals surface area contributed by atoms with Crippen LogP contribution >= 0.6 is 0 Å². The van der Waals surface area contributed by atoms with Crippen molar-refractivity contribution in [2.75, 3.05) is 63.9 Å². The third kappa shape index (κ3) is 7.65. The molecule has 2 unspecified atom stereocenters. The van der Waals surface area contributed by atoms with Gasteiger partial charge in [0.15, 0.2) is 4.90 Å². The molecule has 1 aliphatic rings. The van der Waals surface area contributed by atoms with Crippen molar-refractivity contribution in [3.05, 3.63) is 48.2 Å². The summed E-state index contributed by atoms with van der Waals surface area (Å²) in [6, 6.07) is 14.6. The minimum absolute atomic E-state index is 0.375. The Bertz CT molecular complexity index is 1310. The summed E-state index contributed by atoms with van der Waals surface area (Å²) < 4.78 is 24.6. The predicted molar refractivity (Wildman–Crippen MR) is 164 cm³/mol. The first-order valence-electron chi connectivity index (χ1n) is 14.0. The summed E-state index contributed by atoms with van der Waals surface area (Å²) >= 11 is -1.06. The Morgan fingerprint density at radius 1 is 1.15 bits per heavy atom. The molecule has 3 N–H and O–H groups in total. The fraction of sp³-hybridized carbons (Fsp3) is 0.484. The molecule has 1 aromatic heterocycles. The van der Waals surface area contributed by atoms with Crippen molar-refractivity contribution < 1.29 is 19.1 Å². The SMILES string of the molecule is CCCn1c(C#CCNc2ccc([S+](C)[O-])cc2OC)cc2c(NC3CCN(CC(O)COC)CC3)cccc21. The van der Waals surface area contributed by atoms with Crippen LogP contribution in [-0.2, 0) is 22.5 Å². The number of piperidine rings is 1. The molecule has 40 heavy (non-hydrogen) atoms. The smallest absolute Gasteiger partial charge is 0.156 e. The minimum atomic E-state index is -1.06. The highest BCUT2D eigenvalue weighted by molar-refractivity contribution is 7.90. The van der Waals surface area contributed by atoms with Gasteiger partial charge in [-0.2, -0.15) is 0 Å². The van der Waals surface area contributed by atoms with E-state index in [4.69, 9.17) is 9.47 Å². The third-order valence-corrected chi connectivity index (χ3v) is 8.17. The summed E-state index contributed by atoms with van der Waals surface area (Å²) in [5, 5.41) is 18.4. The second-order valence-corrected chi connectivity index (χ2v) is 11.6. The van der Waals surface area contributed by atoms with Gasteiger partial charge in [-0.05, 0) is 66.7 Å². The number of hydrogen-bond acceptors (Lipinski definition) is 7. The van der Waals surface area contributed by atoms with E-state index in [9.17, 15) is 9.66 Å². The molecule has 9 heteroatoms. The molecule has 2 heterocycles. The van der Waals surface area contributed by atoms with Gasteiger partial charge in [-0.1, -0.05) is 18.9 Å². The highest BCUT2D eigenvalue weighted by atomic mass is 32.2. The van der Waals surface area contributed by atoms with Crippen LogP contribution in [0.25, 0.3) is 10.9 Å². The Balaban J connectivity index is 1.45. The maximum Gasteiger partial charge on any atom is 0.156 e. The van der Waals surface area contributed by atoms with Crippen molar-refractivity contribution in [1.29, 1.82) is 0 Å². The van der Waals surface area contributed by atoms with Crippen molar-refractivity contribution in [3.8, 4) is 17.6 Å².